The van der Waals surface area contributed by atoms with E-state index in [4.69, 9.17) is 0 Å². The van der Waals surface area contributed by atoms with Crippen LogP contribution in [0.5, 0.6) is 0 Å². The first-order valence-corrected chi connectivity index (χ1v) is 7.03. The van der Waals surface area contributed by atoms with Crippen molar-refractivity contribution >= 4 is 17.6 Å². The maximum atomic E-state index is 12.3. The standard InChI is InChI=1S/C18H20O2/c1-13-8-10-16(14(2)19)12-17(13)18(20)11-9-15-6-4-3-5-7-15/h3-7,9,11,16-17H,1,8,10,12H2,2H3/b11-9+/t16-,17+/m1/s1. The monoisotopic (exact) mass is 268 g/mol. The number of hydrogen-bond acceptors (Lipinski definition) is 2. The molecule has 2 atom stereocenters. The SMILES string of the molecule is C=C1CC[C@@H](C(C)=O)C[C@@H]1C(=O)/C=C/c1ccccc1. The molecule has 104 valence electrons. The minimum atomic E-state index is -0.197. The lowest BCUT2D eigenvalue weighted by Gasteiger charge is -2.28. The van der Waals surface area contributed by atoms with Crippen molar-refractivity contribution in [2.45, 2.75) is 26.2 Å². The van der Waals surface area contributed by atoms with E-state index in [2.05, 4.69) is 6.58 Å². The molecule has 1 saturated carbocycles. The first-order chi connectivity index (χ1) is 9.58. The molecule has 1 aromatic rings. The average Bonchev–Trinajstić information content (AvgIpc) is 2.46. The second-order valence-electron chi connectivity index (χ2n) is 5.44. The highest BCUT2D eigenvalue weighted by atomic mass is 16.1. The molecule has 0 aliphatic heterocycles. The van der Waals surface area contributed by atoms with E-state index in [1.807, 2.05) is 36.4 Å². The van der Waals surface area contributed by atoms with Crippen molar-refractivity contribution in [3.63, 3.8) is 0 Å². The normalized spacial score (nSPS) is 22.9. The van der Waals surface area contributed by atoms with Gasteiger partial charge in [-0.1, -0.05) is 48.6 Å². The van der Waals surface area contributed by atoms with Crippen LogP contribution in [0.2, 0.25) is 0 Å². The zero-order valence-electron chi connectivity index (χ0n) is 11.8. The summed E-state index contributed by atoms with van der Waals surface area (Å²) in [4.78, 5) is 23.8. The van der Waals surface area contributed by atoms with Crippen molar-refractivity contribution in [1.82, 2.24) is 0 Å². The number of carbonyl (C=O) groups is 2. The molecule has 2 rings (SSSR count). The van der Waals surface area contributed by atoms with Gasteiger partial charge in [0.25, 0.3) is 0 Å². The summed E-state index contributed by atoms with van der Waals surface area (Å²) in [5.41, 5.74) is 1.97. The van der Waals surface area contributed by atoms with Gasteiger partial charge in [0.15, 0.2) is 5.78 Å². The predicted octanol–water partition coefficient (Wildman–Crippen LogP) is 3.83. The Morgan fingerprint density at radius 2 is 1.95 bits per heavy atom. The van der Waals surface area contributed by atoms with Gasteiger partial charge in [-0.25, -0.2) is 0 Å². The Kier molecular flexibility index (Phi) is 4.67. The van der Waals surface area contributed by atoms with Crippen LogP contribution in [0, 0.1) is 11.8 Å². The minimum Gasteiger partial charge on any atom is -0.300 e. The molecule has 1 fully saturated rings. The van der Waals surface area contributed by atoms with Crippen LogP contribution in [-0.4, -0.2) is 11.6 Å². The molecule has 1 aromatic carbocycles. The van der Waals surface area contributed by atoms with Gasteiger partial charge < -0.3 is 0 Å². The Balaban J connectivity index is 2.05. The van der Waals surface area contributed by atoms with E-state index in [0.717, 1.165) is 24.0 Å². The molecular weight excluding hydrogens is 248 g/mol. The highest BCUT2D eigenvalue weighted by Crippen LogP contribution is 2.33. The smallest absolute Gasteiger partial charge is 0.162 e. The lowest BCUT2D eigenvalue weighted by Crippen LogP contribution is -2.27. The van der Waals surface area contributed by atoms with Crippen LogP contribution in [0.25, 0.3) is 6.08 Å². The fourth-order valence-electron chi connectivity index (χ4n) is 2.65. The van der Waals surface area contributed by atoms with Crippen LogP contribution in [0.4, 0.5) is 0 Å². The van der Waals surface area contributed by atoms with Crippen LogP contribution in [0.3, 0.4) is 0 Å². The number of benzene rings is 1. The number of ketones is 2. The molecule has 1 aliphatic rings. The second-order valence-corrected chi connectivity index (χ2v) is 5.44. The summed E-state index contributed by atoms with van der Waals surface area (Å²) in [5, 5.41) is 0. The Bertz CT molecular complexity index is 540. The summed E-state index contributed by atoms with van der Waals surface area (Å²) >= 11 is 0. The van der Waals surface area contributed by atoms with Gasteiger partial charge in [-0.15, -0.1) is 0 Å². The Morgan fingerprint density at radius 1 is 1.25 bits per heavy atom. The molecule has 0 radical (unpaired) electrons. The molecule has 0 N–H and O–H groups in total. The molecule has 0 saturated heterocycles. The van der Waals surface area contributed by atoms with Crippen LogP contribution in [0.15, 0.2) is 48.6 Å². The summed E-state index contributed by atoms with van der Waals surface area (Å²) in [5.74, 6) is 0.0596. The zero-order chi connectivity index (χ0) is 14.5. The van der Waals surface area contributed by atoms with E-state index < -0.39 is 0 Å². The number of carbonyl (C=O) groups excluding carboxylic acids is 2. The molecule has 0 heterocycles. The highest BCUT2D eigenvalue weighted by Gasteiger charge is 2.30. The van der Waals surface area contributed by atoms with Crippen molar-refractivity contribution in [1.29, 1.82) is 0 Å². The van der Waals surface area contributed by atoms with Crippen molar-refractivity contribution in [3.05, 3.63) is 54.1 Å². The Morgan fingerprint density at radius 3 is 2.60 bits per heavy atom. The van der Waals surface area contributed by atoms with Crippen LogP contribution < -0.4 is 0 Å². The first-order valence-electron chi connectivity index (χ1n) is 7.03. The molecule has 0 bridgehead atoms. The third kappa shape index (κ3) is 3.53. The van der Waals surface area contributed by atoms with Gasteiger partial charge in [0.05, 0.1) is 0 Å². The summed E-state index contributed by atoms with van der Waals surface area (Å²) in [6.45, 7) is 5.61. The van der Waals surface area contributed by atoms with E-state index >= 15 is 0 Å². The average molecular weight is 268 g/mol. The fourth-order valence-corrected chi connectivity index (χ4v) is 2.65. The van der Waals surface area contributed by atoms with E-state index in [9.17, 15) is 9.59 Å². The van der Waals surface area contributed by atoms with E-state index in [1.54, 1.807) is 13.0 Å². The molecule has 0 aromatic heterocycles. The zero-order valence-corrected chi connectivity index (χ0v) is 11.8. The van der Waals surface area contributed by atoms with Gasteiger partial charge in [-0.2, -0.15) is 0 Å². The van der Waals surface area contributed by atoms with Crippen molar-refractivity contribution in [3.8, 4) is 0 Å². The van der Waals surface area contributed by atoms with Crippen molar-refractivity contribution < 1.29 is 9.59 Å². The van der Waals surface area contributed by atoms with Crippen molar-refractivity contribution in [2.75, 3.05) is 0 Å². The lowest BCUT2D eigenvalue weighted by molar-refractivity contribution is -0.123. The number of rotatable bonds is 4. The molecule has 20 heavy (non-hydrogen) atoms. The topological polar surface area (TPSA) is 34.1 Å². The predicted molar refractivity (Wildman–Crippen MR) is 81.1 cm³/mol. The maximum Gasteiger partial charge on any atom is 0.162 e. The fraction of sp³-hybridized carbons (Fsp3) is 0.333. The molecule has 2 nitrogen and oxygen atoms in total. The van der Waals surface area contributed by atoms with E-state index in [1.165, 1.54) is 0 Å². The molecule has 0 spiro atoms. The molecule has 1 aliphatic carbocycles. The quantitative estimate of drug-likeness (QED) is 0.614. The summed E-state index contributed by atoms with van der Waals surface area (Å²) < 4.78 is 0. The molecule has 0 unspecified atom stereocenters. The van der Waals surface area contributed by atoms with Gasteiger partial charge in [0.1, 0.15) is 5.78 Å². The second kappa shape index (κ2) is 6.47. The van der Waals surface area contributed by atoms with Crippen LogP contribution in [0.1, 0.15) is 31.7 Å². The van der Waals surface area contributed by atoms with Gasteiger partial charge in [0.2, 0.25) is 0 Å². The van der Waals surface area contributed by atoms with Gasteiger partial charge >= 0.3 is 0 Å². The van der Waals surface area contributed by atoms with Crippen LogP contribution >= 0.6 is 0 Å². The van der Waals surface area contributed by atoms with Gasteiger partial charge in [0, 0.05) is 11.8 Å². The largest absolute Gasteiger partial charge is 0.300 e. The van der Waals surface area contributed by atoms with E-state index in [-0.39, 0.29) is 23.4 Å². The number of Topliss-reactive ketones (excluding diaryl/α,β-unsaturated/α-hetero) is 1. The van der Waals surface area contributed by atoms with Gasteiger partial charge in [-0.3, -0.25) is 9.59 Å². The third-order valence-corrected chi connectivity index (χ3v) is 3.98. The number of hydrogen-bond donors (Lipinski definition) is 0. The molecule has 2 heteroatoms. The molecule has 0 amide bonds. The Labute approximate surface area is 120 Å². The lowest BCUT2D eigenvalue weighted by atomic mass is 9.75. The van der Waals surface area contributed by atoms with Gasteiger partial charge in [-0.05, 0) is 37.8 Å². The van der Waals surface area contributed by atoms with E-state index in [0.29, 0.717) is 6.42 Å². The Hall–Kier alpha value is -1.96. The van der Waals surface area contributed by atoms with Crippen molar-refractivity contribution in [2.24, 2.45) is 11.8 Å². The number of allylic oxidation sites excluding steroid dienone is 2. The van der Waals surface area contributed by atoms with Crippen LogP contribution in [-0.2, 0) is 9.59 Å². The maximum absolute atomic E-state index is 12.3. The first kappa shape index (κ1) is 14.4. The minimum absolute atomic E-state index is 0.0135. The third-order valence-electron chi connectivity index (χ3n) is 3.98. The summed E-state index contributed by atoms with van der Waals surface area (Å²) in [6.07, 6.45) is 5.67. The highest BCUT2D eigenvalue weighted by molar-refractivity contribution is 5.97. The summed E-state index contributed by atoms with van der Waals surface area (Å²) in [6, 6.07) is 9.74. The molecular formula is C18H20O2. The summed E-state index contributed by atoms with van der Waals surface area (Å²) in [7, 11) is 0.